The number of nitrogens with zero attached hydrogens (tertiary/aromatic N) is 1. The Morgan fingerprint density at radius 3 is 2.79 bits per heavy atom. The summed E-state index contributed by atoms with van der Waals surface area (Å²) < 4.78 is 5.46. The molecule has 0 radical (unpaired) electrons. The highest BCUT2D eigenvalue weighted by Gasteiger charge is 2.16. The van der Waals surface area contributed by atoms with E-state index in [0.29, 0.717) is 6.61 Å². The number of hydrogen-bond acceptors (Lipinski definition) is 2. The lowest BCUT2D eigenvalue weighted by atomic mass is 10.4. The molecule has 0 atom stereocenters. The molecule has 3 nitrogen and oxygen atoms in total. The molecule has 0 amide bonds. The number of aromatic amines is 1. The molecule has 78 valence electrons. The van der Waals surface area contributed by atoms with E-state index in [-0.39, 0.29) is 0 Å². The van der Waals surface area contributed by atoms with Crippen LogP contribution in [0, 0.1) is 0 Å². The van der Waals surface area contributed by atoms with E-state index in [1.165, 1.54) is 5.20 Å². The van der Waals surface area contributed by atoms with Gasteiger partial charge in [0.05, 0.1) is 20.9 Å². The van der Waals surface area contributed by atoms with Gasteiger partial charge in [0.15, 0.2) is 0 Å². The highest BCUT2D eigenvalue weighted by molar-refractivity contribution is 6.82. The predicted molar refractivity (Wildman–Crippen MR) is 61.2 cm³/mol. The minimum atomic E-state index is -1.18. The Morgan fingerprint density at radius 1 is 1.57 bits per heavy atom. The third kappa shape index (κ3) is 3.37. The largest absolute Gasteiger partial charge is 0.478 e. The zero-order chi connectivity index (χ0) is 10.6. The second-order valence-corrected chi connectivity index (χ2v) is 9.58. The predicted octanol–water partition coefficient (Wildman–Crippen LogP) is 2.61. The summed E-state index contributed by atoms with van der Waals surface area (Å²) >= 11 is 0. The highest BCUT2D eigenvalue weighted by Crippen LogP contribution is 2.16. The number of ether oxygens (including phenoxy) is 1. The zero-order valence-corrected chi connectivity index (χ0v) is 10.1. The molecule has 0 bridgehead atoms. The summed E-state index contributed by atoms with van der Waals surface area (Å²) in [6.45, 7) is 11.7. The van der Waals surface area contributed by atoms with Gasteiger partial charge in [-0.1, -0.05) is 24.8 Å². The van der Waals surface area contributed by atoms with Gasteiger partial charge in [-0.25, -0.2) is 5.10 Å². The van der Waals surface area contributed by atoms with Crippen molar-refractivity contribution in [3.05, 3.63) is 24.0 Å². The quantitative estimate of drug-likeness (QED) is 0.759. The van der Waals surface area contributed by atoms with Gasteiger partial charge in [-0.05, 0) is 6.42 Å². The summed E-state index contributed by atoms with van der Waals surface area (Å²) in [5.41, 5.74) is 0. The summed E-state index contributed by atoms with van der Waals surface area (Å²) in [5, 5.41) is 7.91. The van der Waals surface area contributed by atoms with Crippen LogP contribution in [0.2, 0.25) is 19.6 Å². The Kier molecular flexibility index (Phi) is 3.52. The van der Waals surface area contributed by atoms with Gasteiger partial charge >= 0.3 is 0 Å². The van der Waals surface area contributed by atoms with Crippen LogP contribution in [0.25, 0.3) is 0 Å². The summed E-state index contributed by atoms with van der Waals surface area (Å²) in [4.78, 5) is 0. The number of H-pyrrole nitrogens is 1. The van der Waals surface area contributed by atoms with Gasteiger partial charge in [0.1, 0.15) is 0 Å². The van der Waals surface area contributed by atoms with Crippen LogP contribution in [-0.4, -0.2) is 24.9 Å². The number of nitrogens with one attached hydrogen (secondary N) is 1. The molecule has 0 aliphatic carbocycles. The van der Waals surface area contributed by atoms with E-state index >= 15 is 0 Å². The Bertz CT molecular complexity index is 288. The molecule has 0 aliphatic rings. The van der Waals surface area contributed by atoms with Crippen molar-refractivity contribution in [2.45, 2.75) is 26.1 Å². The summed E-state index contributed by atoms with van der Waals surface area (Å²) in [6.07, 6.45) is 2.62. The lowest BCUT2D eigenvalue weighted by Crippen LogP contribution is -2.24. The molecule has 0 unspecified atom stereocenters. The molecule has 0 aromatic carbocycles. The van der Waals surface area contributed by atoms with Gasteiger partial charge in [0.2, 0.25) is 5.88 Å². The van der Waals surface area contributed by atoms with E-state index in [1.807, 2.05) is 6.07 Å². The molecule has 1 aromatic heterocycles. The smallest absolute Gasteiger partial charge is 0.209 e. The van der Waals surface area contributed by atoms with Crippen molar-refractivity contribution in [1.82, 2.24) is 10.2 Å². The molecule has 1 heterocycles. The third-order valence-corrected chi connectivity index (χ3v) is 4.57. The zero-order valence-electron chi connectivity index (χ0n) is 9.13. The van der Waals surface area contributed by atoms with Crippen molar-refractivity contribution < 1.29 is 4.74 Å². The molecule has 0 spiro atoms. The van der Waals surface area contributed by atoms with E-state index in [4.69, 9.17) is 4.74 Å². The fourth-order valence-corrected chi connectivity index (χ4v) is 1.83. The third-order valence-electron chi connectivity index (χ3n) is 2.20. The van der Waals surface area contributed by atoms with Gasteiger partial charge in [0.25, 0.3) is 0 Å². The topological polar surface area (TPSA) is 37.9 Å². The summed E-state index contributed by atoms with van der Waals surface area (Å²) in [6, 6.07) is 1.82. The fourth-order valence-electron chi connectivity index (χ4n) is 0.983. The molecule has 0 saturated heterocycles. The first kappa shape index (κ1) is 11.0. The standard InChI is InChI=1S/C10H18N2OSi/c1-9(14(2,3)4)6-8-13-10-5-7-11-12-10/h5,7H,1,6,8H2,2-4H3,(H,11,12). The normalized spacial score (nSPS) is 11.4. The second-order valence-electron chi connectivity index (χ2n) is 4.37. The van der Waals surface area contributed by atoms with Crippen LogP contribution in [0.15, 0.2) is 24.0 Å². The monoisotopic (exact) mass is 210 g/mol. The maximum Gasteiger partial charge on any atom is 0.209 e. The Hall–Kier alpha value is -1.03. The van der Waals surface area contributed by atoms with Gasteiger partial charge in [-0.15, -0.1) is 6.58 Å². The Morgan fingerprint density at radius 2 is 2.29 bits per heavy atom. The first-order chi connectivity index (χ1) is 6.50. The van der Waals surface area contributed by atoms with E-state index in [2.05, 4.69) is 36.4 Å². The van der Waals surface area contributed by atoms with E-state index in [0.717, 1.165) is 12.3 Å². The van der Waals surface area contributed by atoms with Crippen molar-refractivity contribution in [2.75, 3.05) is 6.61 Å². The lowest BCUT2D eigenvalue weighted by Gasteiger charge is -2.19. The van der Waals surface area contributed by atoms with E-state index < -0.39 is 8.07 Å². The van der Waals surface area contributed by atoms with Gasteiger partial charge in [-0.3, -0.25) is 0 Å². The SMILES string of the molecule is C=C(CCOc1ccn[nH]1)[Si](C)(C)C. The van der Waals surface area contributed by atoms with Crippen LogP contribution in [0.1, 0.15) is 6.42 Å². The fraction of sp³-hybridized carbons (Fsp3) is 0.500. The average Bonchev–Trinajstić information content (AvgIpc) is 2.55. The van der Waals surface area contributed by atoms with Crippen molar-refractivity contribution in [3.63, 3.8) is 0 Å². The highest BCUT2D eigenvalue weighted by atomic mass is 28.3. The molecule has 0 fully saturated rings. The average molecular weight is 210 g/mol. The number of rotatable bonds is 5. The maximum atomic E-state index is 5.46. The van der Waals surface area contributed by atoms with E-state index in [1.54, 1.807) is 6.20 Å². The maximum absolute atomic E-state index is 5.46. The number of aromatic nitrogens is 2. The van der Waals surface area contributed by atoms with Gasteiger partial charge in [0, 0.05) is 6.07 Å². The minimum absolute atomic E-state index is 0.686. The first-order valence-corrected chi connectivity index (χ1v) is 8.30. The van der Waals surface area contributed by atoms with Crippen molar-refractivity contribution in [3.8, 4) is 5.88 Å². The first-order valence-electron chi connectivity index (χ1n) is 4.80. The molecular weight excluding hydrogens is 192 g/mol. The van der Waals surface area contributed by atoms with Crippen LogP contribution in [-0.2, 0) is 0 Å². The minimum Gasteiger partial charge on any atom is -0.478 e. The van der Waals surface area contributed by atoms with Crippen molar-refractivity contribution >= 4 is 8.07 Å². The lowest BCUT2D eigenvalue weighted by molar-refractivity contribution is 0.310. The van der Waals surface area contributed by atoms with E-state index in [9.17, 15) is 0 Å². The Balaban J connectivity index is 2.26. The van der Waals surface area contributed by atoms with Gasteiger partial charge < -0.3 is 4.74 Å². The molecule has 1 N–H and O–H groups in total. The van der Waals surface area contributed by atoms with Crippen molar-refractivity contribution in [1.29, 1.82) is 0 Å². The number of hydrogen-bond donors (Lipinski definition) is 1. The summed E-state index contributed by atoms with van der Waals surface area (Å²) in [5.74, 6) is 0.730. The van der Waals surface area contributed by atoms with Crippen LogP contribution in [0.3, 0.4) is 0 Å². The van der Waals surface area contributed by atoms with Crippen LogP contribution in [0.5, 0.6) is 5.88 Å². The van der Waals surface area contributed by atoms with Crippen molar-refractivity contribution in [2.24, 2.45) is 0 Å². The molecule has 14 heavy (non-hydrogen) atoms. The summed E-state index contributed by atoms with van der Waals surface area (Å²) in [7, 11) is -1.18. The van der Waals surface area contributed by atoms with Crippen LogP contribution >= 0.6 is 0 Å². The molecule has 1 rings (SSSR count). The molecule has 0 saturated carbocycles. The Labute approximate surface area is 86.2 Å². The molecule has 1 aromatic rings. The molecule has 4 heteroatoms. The molecular formula is C10H18N2OSi. The van der Waals surface area contributed by atoms with Gasteiger partial charge in [-0.2, -0.15) is 5.10 Å². The van der Waals surface area contributed by atoms with Crippen LogP contribution in [0.4, 0.5) is 0 Å². The van der Waals surface area contributed by atoms with Crippen LogP contribution < -0.4 is 4.74 Å². The second kappa shape index (κ2) is 4.46. The molecule has 0 aliphatic heterocycles.